The van der Waals surface area contributed by atoms with Gasteiger partial charge in [0, 0.05) is 33.6 Å². The van der Waals surface area contributed by atoms with Gasteiger partial charge in [-0.05, 0) is 34.1 Å². The highest BCUT2D eigenvalue weighted by Crippen LogP contribution is 2.27. The molecule has 0 aliphatic heterocycles. The van der Waals surface area contributed by atoms with E-state index in [-0.39, 0.29) is 12.1 Å². The molecular formula is C19H15BrN2O7. The molecule has 0 aliphatic carbocycles. The summed E-state index contributed by atoms with van der Waals surface area (Å²) in [4.78, 5) is 34.3. The number of nitro benzene ring substituents is 1. The average Bonchev–Trinajstić information content (AvgIpc) is 3.09. The Morgan fingerprint density at radius 3 is 2.72 bits per heavy atom. The zero-order valence-corrected chi connectivity index (χ0v) is 16.7. The maximum atomic E-state index is 12.1. The van der Waals surface area contributed by atoms with Gasteiger partial charge in [-0.15, -0.1) is 0 Å². The number of ether oxygens (including phenoxy) is 2. The normalized spacial score (nSPS) is 10.6. The Morgan fingerprint density at radius 2 is 2.03 bits per heavy atom. The second-order valence-corrected chi connectivity index (χ2v) is 6.78. The molecule has 0 fully saturated rings. The van der Waals surface area contributed by atoms with E-state index in [1.165, 1.54) is 24.5 Å². The van der Waals surface area contributed by atoms with Crippen LogP contribution >= 0.6 is 15.9 Å². The molecule has 1 heterocycles. The Kier molecular flexibility index (Phi) is 6.13. The predicted molar refractivity (Wildman–Crippen MR) is 107 cm³/mol. The number of carbonyl (C=O) groups is 2. The number of amides is 1. The Hall–Kier alpha value is -3.40. The molecule has 9 nitrogen and oxygen atoms in total. The number of hydrogen-bond acceptors (Lipinski definition) is 7. The van der Waals surface area contributed by atoms with E-state index in [1.807, 2.05) is 0 Å². The minimum absolute atomic E-state index is 0.0617. The Labute approximate surface area is 172 Å². The molecule has 0 bridgehead atoms. The van der Waals surface area contributed by atoms with Crippen LogP contribution in [-0.2, 0) is 20.7 Å². The molecule has 3 aromatic rings. The Bertz CT molecular complexity index is 1090. The molecule has 0 spiro atoms. The van der Waals surface area contributed by atoms with Crippen molar-refractivity contribution in [3.05, 3.63) is 62.8 Å². The van der Waals surface area contributed by atoms with Crippen LogP contribution in [0.25, 0.3) is 11.0 Å². The van der Waals surface area contributed by atoms with E-state index in [9.17, 15) is 19.7 Å². The van der Waals surface area contributed by atoms with Crippen molar-refractivity contribution in [2.24, 2.45) is 0 Å². The van der Waals surface area contributed by atoms with E-state index in [2.05, 4.69) is 21.2 Å². The molecule has 1 N–H and O–H groups in total. The van der Waals surface area contributed by atoms with E-state index in [0.717, 1.165) is 5.39 Å². The van der Waals surface area contributed by atoms with Crippen molar-refractivity contribution in [2.45, 2.75) is 6.42 Å². The number of rotatable bonds is 7. The van der Waals surface area contributed by atoms with Crippen LogP contribution in [0.4, 0.5) is 11.4 Å². The van der Waals surface area contributed by atoms with Gasteiger partial charge in [-0.2, -0.15) is 0 Å². The smallest absolute Gasteiger partial charge is 0.310 e. The summed E-state index contributed by atoms with van der Waals surface area (Å²) in [6, 6.07) is 9.14. The monoisotopic (exact) mass is 462 g/mol. The topological polar surface area (TPSA) is 121 Å². The summed E-state index contributed by atoms with van der Waals surface area (Å²) in [7, 11) is 1.54. The number of fused-ring (bicyclic) bond motifs is 1. The van der Waals surface area contributed by atoms with Crippen molar-refractivity contribution in [3.8, 4) is 5.75 Å². The van der Waals surface area contributed by atoms with E-state index in [0.29, 0.717) is 27.1 Å². The number of nitrogens with one attached hydrogen (secondary N) is 1. The lowest BCUT2D eigenvalue weighted by Gasteiger charge is -2.08. The van der Waals surface area contributed by atoms with Gasteiger partial charge < -0.3 is 19.2 Å². The van der Waals surface area contributed by atoms with Crippen molar-refractivity contribution in [1.29, 1.82) is 0 Å². The zero-order chi connectivity index (χ0) is 21.0. The van der Waals surface area contributed by atoms with Crippen molar-refractivity contribution in [1.82, 2.24) is 0 Å². The number of hydrogen-bond donors (Lipinski definition) is 1. The largest absolute Gasteiger partial charge is 0.497 e. The first-order valence-corrected chi connectivity index (χ1v) is 9.10. The standard InChI is InChI=1S/C19H15BrN2O7/c1-27-13-3-4-14-11(9-28-17(14)8-13)6-19(24)29-10-18(23)21-16-5-2-12(22(25)26)7-15(16)20/h2-5,7-9H,6,10H2,1H3,(H,21,23). The molecule has 0 saturated carbocycles. The fourth-order valence-corrected chi connectivity index (χ4v) is 3.05. The van der Waals surface area contributed by atoms with E-state index in [1.54, 1.807) is 25.3 Å². The maximum Gasteiger partial charge on any atom is 0.310 e. The number of halogens is 1. The molecule has 29 heavy (non-hydrogen) atoms. The third-order valence-electron chi connectivity index (χ3n) is 4.00. The van der Waals surface area contributed by atoms with E-state index in [4.69, 9.17) is 13.9 Å². The number of anilines is 1. The molecular weight excluding hydrogens is 448 g/mol. The van der Waals surface area contributed by atoms with Crippen LogP contribution in [0.2, 0.25) is 0 Å². The van der Waals surface area contributed by atoms with Gasteiger partial charge in [-0.1, -0.05) is 0 Å². The van der Waals surface area contributed by atoms with Crippen LogP contribution in [0, 0.1) is 10.1 Å². The van der Waals surface area contributed by atoms with Gasteiger partial charge in [-0.25, -0.2) is 0 Å². The first-order chi connectivity index (χ1) is 13.9. The lowest BCUT2D eigenvalue weighted by molar-refractivity contribution is -0.384. The summed E-state index contributed by atoms with van der Waals surface area (Å²) in [5.41, 5.74) is 1.41. The molecule has 0 atom stereocenters. The molecule has 1 aromatic heterocycles. The van der Waals surface area contributed by atoms with Gasteiger partial charge in [0.15, 0.2) is 6.61 Å². The van der Waals surface area contributed by atoms with Crippen LogP contribution in [-0.4, -0.2) is 30.5 Å². The Morgan fingerprint density at radius 1 is 1.24 bits per heavy atom. The van der Waals surface area contributed by atoms with Crippen molar-refractivity contribution < 1.29 is 28.4 Å². The first-order valence-electron chi connectivity index (χ1n) is 8.31. The van der Waals surface area contributed by atoms with Crippen LogP contribution in [0.1, 0.15) is 5.56 Å². The zero-order valence-electron chi connectivity index (χ0n) is 15.1. The first kappa shape index (κ1) is 20.3. The van der Waals surface area contributed by atoms with Crippen LogP contribution in [0.5, 0.6) is 5.75 Å². The second kappa shape index (κ2) is 8.74. The number of non-ortho nitro benzene ring substituents is 1. The maximum absolute atomic E-state index is 12.1. The SMILES string of the molecule is COc1ccc2c(CC(=O)OCC(=O)Nc3ccc([N+](=O)[O-])cc3Br)coc2c1. The van der Waals surface area contributed by atoms with Crippen LogP contribution < -0.4 is 10.1 Å². The minimum Gasteiger partial charge on any atom is -0.497 e. The van der Waals surface area contributed by atoms with Gasteiger partial charge in [0.05, 0.1) is 30.4 Å². The summed E-state index contributed by atoms with van der Waals surface area (Å²) in [5.74, 6) is -0.536. The molecule has 10 heteroatoms. The van der Waals surface area contributed by atoms with Gasteiger partial charge in [0.2, 0.25) is 0 Å². The molecule has 0 aliphatic rings. The number of esters is 1. The number of nitro groups is 1. The molecule has 0 saturated heterocycles. The van der Waals surface area contributed by atoms with E-state index >= 15 is 0 Å². The van der Waals surface area contributed by atoms with Crippen LogP contribution in [0.15, 0.2) is 51.6 Å². The summed E-state index contributed by atoms with van der Waals surface area (Å²) in [6.45, 7) is -0.494. The minimum atomic E-state index is -0.596. The summed E-state index contributed by atoms with van der Waals surface area (Å²) < 4.78 is 15.9. The predicted octanol–water partition coefficient (Wildman–Crippen LogP) is 3.84. The second-order valence-electron chi connectivity index (χ2n) is 5.93. The highest BCUT2D eigenvalue weighted by Gasteiger charge is 2.15. The third-order valence-corrected chi connectivity index (χ3v) is 4.66. The number of nitrogens with zero attached hydrogens (tertiary/aromatic N) is 1. The summed E-state index contributed by atoms with van der Waals surface area (Å²) in [6.07, 6.45) is 1.40. The van der Waals surface area contributed by atoms with Crippen molar-refractivity contribution in [3.63, 3.8) is 0 Å². The van der Waals surface area contributed by atoms with Crippen molar-refractivity contribution in [2.75, 3.05) is 19.0 Å². The molecule has 1 amide bonds. The highest BCUT2D eigenvalue weighted by atomic mass is 79.9. The van der Waals surface area contributed by atoms with Gasteiger partial charge >= 0.3 is 5.97 Å². The molecule has 150 valence electrons. The molecule has 3 rings (SSSR count). The molecule has 0 radical (unpaired) electrons. The molecule has 0 unspecified atom stereocenters. The van der Waals surface area contributed by atoms with Gasteiger partial charge in [0.25, 0.3) is 11.6 Å². The lowest BCUT2D eigenvalue weighted by Crippen LogP contribution is -2.21. The Balaban J connectivity index is 1.55. The fourth-order valence-electron chi connectivity index (χ4n) is 2.59. The van der Waals surface area contributed by atoms with Crippen molar-refractivity contribution >= 4 is 50.2 Å². The quantitative estimate of drug-likeness (QED) is 0.321. The summed E-state index contributed by atoms with van der Waals surface area (Å²) >= 11 is 3.15. The van der Waals surface area contributed by atoms with Crippen LogP contribution in [0.3, 0.4) is 0 Å². The lowest BCUT2D eigenvalue weighted by atomic mass is 10.1. The summed E-state index contributed by atoms with van der Waals surface area (Å²) in [5, 5.41) is 14.0. The number of benzene rings is 2. The number of carbonyl (C=O) groups excluding carboxylic acids is 2. The third kappa shape index (κ3) is 4.91. The number of furan rings is 1. The average molecular weight is 463 g/mol. The molecule has 2 aromatic carbocycles. The number of methoxy groups -OCH3 is 1. The van der Waals surface area contributed by atoms with Gasteiger partial charge in [-0.3, -0.25) is 19.7 Å². The van der Waals surface area contributed by atoms with E-state index < -0.39 is 23.4 Å². The van der Waals surface area contributed by atoms with Gasteiger partial charge in [0.1, 0.15) is 11.3 Å². The highest BCUT2D eigenvalue weighted by molar-refractivity contribution is 9.10. The fraction of sp³-hybridized carbons (Fsp3) is 0.158.